The van der Waals surface area contributed by atoms with Crippen molar-refractivity contribution in [2.45, 2.75) is 18.6 Å². The molecule has 1 atom stereocenters. The van der Waals surface area contributed by atoms with Gasteiger partial charge in [0.15, 0.2) is 0 Å². The van der Waals surface area contributed by atoms with Gasteiger partial charge in [0.1, 0.15) is 6.54 Å². The monoisotopic (exact) mass is 237 g/mol. The molecule has 2 amide bonds. The molecule has 2 heterocycles. The number of carbonyl (C=O) groups excluding carboxylic acids is 1. The van der Waals surface area contributed by atoms with Crippen molar-refractivity contribution in [2.75, 3.05) is 32.7 Å². The van der Waals surface area contributed by atoms with Gasteiger partial charge in [0.05, 0.1) is 0 Å². The van der Waals surface area contributed by atoms with Crippen LogP contribution in [0.5, 0.6) is 0 Å². The Morgan fingerprint density at radius 3 is 2.69 bits per heavy atom. The lowest BCUT2D eigenvalue weighted by Gasteiger charge is -2.24. The highest BCUT2D eigenvalue weighted by Gasteiger charge is 2.40. The SMILES string of the molecule is O=C1N(CC(F)(F)F)CCN1C1CCNC1. The first-order valence-corrected chi connectivity index (χ1v) is 5.30. The largest absolute Gasteiger partial charge is 0.406 e. The highest BCUT2D eigenvalue weighted by atomic mass is 19.4. The fraction of sp³-hybridized carbons (Fsp3) is 0.889. The van der Waals surface area contributed by atoms with E-state index in [1.165, 1.54) is 0 Å². The van der Waals surface area contributed by atoms with Gasteiger partial charge < -0.3 is 15.1 Å². The molecule has 0 aromatic rings. The van der Waals surface area contributed by atoms with Gasteiger partial charge >= 0.3 is 12.2 Å². The number of hydrogen-bond acceptors (Lipinski definition) is 2. The van der Waals surface area contributed by atoms with E-state index in [0.29, 0.717) is 13.1 Å². The van der Waals surface area contributed by atoms with Gasteiger partial charge in [-0.2, -0.15) is 13.2 Å². The Morgan fingerprint density at radius 1 is 1.38 bits per heavy atom. The molecule has 2 fully saturated rings. The molecule has 4 nitrogen and oxygen atoms in total. The second kappa shape index (κ2) is 4.12. The zero-order chi connectivity index (χ0) is 11.8. The second-order valence-corrected chi connectivity index (χ2v) is 4.16. The second-order valence-electron chi connectivity index (χ2n) is 4.16. The van der Waals surface area contributed by atoms with Crippen molar-refractivity contribution < 1.29 is 18.0 Å². The van der Waals surface area contributed by atoms with Gasteiger partial charge in [-0.25, -0.2) is 4.79 Å². The molecule has 0 aromatic carbocycles. The lowest BCUT2D eigenvalue weighted by atomic mass is 10.2. The number of carbonyl (C=O) groups is 1. The van der Waals surface area contributed by atoms with Crippen LogP contribution in [-0.2, 0) is 0 Å². The van der Waals surface area contributed by atoms with Gasteiger partial charge in [0.2, 0.25) is 0 Å². The van der Waals surface area contributed by atoms with Crippen LogP contribution in [0, 0.1) is 0 Å². The van der Waals surface area contributed by atoms with Crippen LogP contribution in [0.2, 0.25) is 0 Å². The third kappa shape index (κ3) is 2.40. The first-order valence-electron chi connectivity index (χ1n) is 5.30. The molecular formula is C9H14F3N3O. The number of amides is 2. The van der Waals surface area contributed by atoms with E-state index in [-0.39, 0.29) is 12.6 Å². The van der Waals surface area contributed by atoms with Crippen molar-refractivity contribution in [1.29, 1.82) is 0 Å². The van der Waals surface area contributed by atoms with Crippen LogP contribution in [0.3, 0.4) is 0 Å². The molecule has 2 aliphatic heterocycles. The lowest BCUT2D eigenvalue weighted by molar-refractivity contribution is -0.138. The number of hydrogen-bond donors (Lipinski definition) is 1. The van der Waals surface area contributed by atoms with Gasteiger partial charge in [-0.05, 0) is 13.0 Å². The minimum absolute atomic E-state index is 0.0609. The first-order chi connectivity index (χ1) is 7.47. The molecule has 0 saturated carbocycles. The summed E-state index contributed by atoms with van der Waals surface area (Å²) in [5.41, 5.74) is 0. The molecule has 0 aliphatic carbocycles. The van der Waals surface area contributed by atoms with E-state index in [0.717, 1.165) is 17.9 Å². The van der Waals surface area contributed by atoms with E-state index >= 15 is 0 Å². The predicted molar refractivity (Wildman–Crippen MR) is 51.0 cm³/mol. The molecule has 0 aromatic heterocycles. The molecule has 0 radical (unpaired) electrons. The molecule has 2 saturated heterocycles. The molecule has 1 unspecified atom stereocenters. The molecular weight excluding hydrogens is 223 g/mol. The maximum atomic E-state index is 12.2. The highest BCUT2D eigenvalue weighted by molar-refractivity contribution is 5.77. The van der Waals surface area contributed by atoms with E-state index in [9.17, 15) is 18.0 Å². The van der Waals surface area contributed by atoms with Crippen molar-refractivity contribution in [3.63, 3.8) is 0 Å². The Morgan fingerprint density at radius 2 is 2.12 bits per heavy atom. The van der Waals surface area contributed by atoms with Crippen LogP contribution in [-0.4, -0.2) is 60.8 Å². The van der Waals surface area contributed by atoms with Gasteiger partial charge in [0.25, 0.3) is 0 Å². The standard InChI is InChI=1S/C9H14F3N3O/c10-9(11,12)6-14-3-4-15(8(14)16)7-1-2-13-5-7/h7,13H,1-6H2. The molecule has 0 bridgehead atoms. The summed E-state index contributed by atoms with van der Waals surface area (Å²) in [6.45, 7) is 0.956. The molecule has 2 aliphatic rings. The molecule has 0 spiro atoms. The summed E-state index contributed by atoms with van der Waals surface area (Å²) in [7, 11) is 0. The summed E-state index contributed by atoms with van der Waals surface area (Å²) < 4.78 is 36.5. The fourth-order valence-electron chi connectivity index (χ4n) is 2.21. The van der Waals surface area contributed by atoms with Gasteiger partial charge in [0, 0.05) is 25.7 Å². The maximum Gasteiger partial charge on any atom is 0.406 e. The summed E-state index contributed by atoms with van der Waals surface area (Å²) in [6.07, 6.45) is -3.48. The minimum Gasteiger partial charge on any atom is -0.319 e. The van der Waals surface area contributed by atoms with Crippen molar-refractivity contribution in [2.24, 2.45) is 0 Å². The van der Waals surface area contributed by atoms with Gasteiger partial charge in [-0.3, -0.25) is 0 Å². The molecule has 1 N–H and O–H groups in total. The smallest absolute Gasteiger partial charge is 0.319 e. The average Bonchev–Trinajstić information content (AvgIpc) is 2.75. The lowest BCUT2D eigenvalue weighted by Crippen LogP contribution is -2.42. The molecule has 2 rings (SSSR count). The van der Waals surface area contributed by atoms with Gasteiger partial charge in [-0.15, -0.1) is 0 Å². The normalized spacial score (nSPS) is 26.9. The van der Waals surface area contributed by atoms with E-state index < -0.39 is 18.8 Å². The minimum atomic E-state index is -4.31. The zero-order valence-electron chi connectivity index (χ0n) is 8.76. The van der Waals surface area contributed by atoms with Crippen LogP contribution in [0.4, 0.5) is 18.0 Å². The van der Waals surface area contributed by atoms with E-state index in [4.69, 9.17) is 0 Å². The Bertz CT molecular complexity index is 276. The van der Waals surface area contributed by atoms with Crippen LogP contribution >= 0.6 is 0 Å². The number of nitrogens with one attached hydrogen (secondary N) is 1. The Balaban J connectivity index is 1.93. The van der Waals surface area contributed by atoms with Crippen LogP contribution < -0.4 is 5.32 Å². The van der Waals surface area contributed by atoms with Crippen LogP contribution in [0.1, 0.15) is 6.42 Å². The van der Waals surface area contributed by atoms with E-state index in [1.54, 1.807) is 4.90 Å². The molecule has 7 heteroatoms. The predicted octanol–water partition coefficient (Wildman–Crippen LogP) is 0.648. The summed E-state index contributed by atoms with van der Waals surface area (Å²) in [6, 6.07) is -0.420. The van der Waals surface area contributed by atoms with Crippen molar-refractivity contribution >= 4 is 6.03 Å². The first kappa shape index (κ1) is 11.5. The Labute approximate surface area is 91.4 Å². The summed E-state index contributed by atoms with van der Waals surface area (Å²) in [4.78, 5) is 14.1. The number of rotatable bonds is 2. The summed E-state index contributed by atoms with van der Waals surface area (Å²) >= 11 is 0. The number of alkyl halides is 3. The maximum absolute atomic E-state index is 12.2. The number of halogens is 3. The van der Waals surface area contributed by atoms with Gasteiger partial charge in [-0.1, -0.05) is 0 Å². The number of nitrogens with zero attached hydrogens (tertiary/aromatic N) is 2. The third-order valence-corrected chi connectivity index (χ3v) is 2.97. The third-order valence-electron chi connectivity index (χ3n) is 2.97. The van der Waals surface area contributed by atoms with E-state index in [1.807, 2.05) is 0 Å². The summed E-state index contributed by atoms with van der Waals surface area (Å²) in [5.74, 6) is 0. The zero-order valence-corrected chi connectivity index (χ0v) is 8.76. The van der Waals surface area contributed by atoms with Crippen molar-refractivity contribution in [1.82, 2.24) is 15.1 Å². The van der Waals surface area contributed by atoms with Crippen molar-refractivity contribution in [3.8, 4) is 0 Å². The quantitative estimate of drug-likeness (QED) is 0.765. The summed E-state index contributed by atoms with van der Waals surface area (Å²) in [5, 5.41) is 3.10. The Hall–Kier alpha value is -0.980. The van der Waals surface area contributed by atoms with Crippen LogP contribution in [0.15, 0.2) is 0 Å². The number of urea groups is 1. The Kier molecular flexibility index (Phi) is 2.96. The average molecular weight is 237 g/mol. The molecule has 16 heavy (non-hydrogen) atoms. The topological polar surface area (TPSA) is 35.6 Å². The van der Waals surface area contributed by atoms with Crippen molar-refractivity contribution in [3.05, 3.63) is 0 Å². The van der Waals surface area contributed by atoms with E-state index in [2.05, 4.69) is 5.32 Å². The fourth-order valence-corrected chi connectivity index (χ4v) is 2.21. The highest BCUT2D eigenvalue weighted by Crippen LogP contribution is 2.22. The molecule has 92 valence electrons. The van der Waals surface area contributed by atoms with Crippen LogP contribution in [0.25, 0.3) is 0 Å².